The van der Waals surface area contributed by atoms with Crippen molar-refractivity contribution in [3.8, 4) is 11.5 Å². The molecule has 0 aliphatic carbocycles. The van der Waals surface area contributed by atoms with Gasteiger partial charge < -0.3 is 19.5 Å². The van der Waals surface area contributed by atoms with E-state index in [1.165, 1.54) is 0 Å². The molecule has 1 fully saturated rings. The van der Waals surface area contributed by atoms with E-state index in [9.17, 15) is 4.79 Å². The van der Waals surface area contributed by atoms with Crippen molar-refractivity contribution in [3.63, 3.8) is 0 Å². The lowest BCUT2D eigenvalue weighted by molar-refractivity contribution is 0.0662. The van der Waals surface area contributed by atoms with Gasteiger partial charge in [0.15, 0.2) is 5.82 Å². The molecule has 0 atom stereocenters. The van der Waals surface area contributed by atoms with E-state index in [0.717, 1.165) is 54.1 Å². The summed E-state index contributed by atoms with van der Waals surface area (Å²) in [5.74, 6) is 1.95. The molecule has 212 valence electrons. The topological polar surface area (TPSA) is 107 Å². The Morgan fingerprint density at radius 3 is 2.54 bits per heavy atom. The maximum absolute atomic E-state index is 14.3. The fraction of sp³-hybridized carbons (Fsp3) is 0.333. The van der Waals surface area contributed by atoms with Gasteiger partial charge in [0.05, 0.1) is 50.1 Å². The Labute approximate surface area is 238 Å². The third-order valence-electron chi connectivity index (χ3n) is 7.56. The van der Waals surface area contributed by atoms with Crippen LogP contribution in [-0.2, 0) is 11.3 Å². The summed E-state index contributed by atoms with van der Waals surface area (Å²) in [6.07, 6.45) is 7.33. The van der Waals surface area contributed by atoms with Crippen LogP contribution in [-0.4, -0.2) is 53.2 Å². The number of anilines is 5. The number of carbonyl (C=O) groups is 1. The second-order valence-corrected chi connectivity index (χ2v) is 10.2. The number of para-hydroxylation sites is 1. The van der Waals surface area contributed by atoms with E-state index < -0.39 is 0 Å². The highest BCUT2D eigenvalue weighted by Gasteiger charge is 2.37. The van der Waals surface area contributed by atoms with E-state index >= 15 is 0 Å². The molecule has 0 bridgehead atoms. The van der Waals surface area contributed by atoms with Crippen LogP contribution in [0.25, 0.3) is 0 Å². The first kappa shape index (κ1) is 26.6. The summed E-state index contributed by atoms with van der Waals surface area (Å²) < 4.78 is 18.6. The predicted molar refractivity (Wildman–Crippen MR) is 156 cm³/mol. The van der Waals surface area contributed by atoms with Crippen molar-refractivity contribution >= 4 is 34.9 Å². The molecule has 2 aliphatic rings. The van der Waals surface area contributed by atoms with Gasteiger partial charge >= 0.3 is 6.03 Å². The SMILES string of the molecule is COc1ccc(N2C(=O)N(c3c(C)cccc3C)Cc3cnc(Nc4cnn(C5CCOCC5)c4)nc32)c(OC)c1. The minimum Gasteiger partial charge on any atom is -0.497 e. The third kappa shape index (κ3) is 5.04. The molecule has 41 heavy (non-hydrogen) atoms. The fourth-order valence-electron chi connectivity index (χ4n) is 5.49. The van der Waals surface area contributed by atoms with Crippen LogP contribution in [0.3, 0.4) is 0 Å². The van der Waals surface area contributed by atoms with Gasteiger partial charge in [-0.3, -0.25) is 9.58 Å². The van der Waals surface area contributed by atoms with Crippen LogP contribution in [0.1, 0.15) is 35.6 Å². The van der Waals surface area contributed by atoms with E-state index in [-0.39, 0.29) is 6.03 Å². The zero-order valence-corrected chi connectivity index (χ0v) is 23.6. The Kier molecular flexibility index (Phi) is 7.19. The molecule has 4 heterocycles. The molecule has 0 spiro atoms. The van der Waals surface area contributed by atoms with E-state index in [1.54, 1.807) is 54.6 Å². The van der Waals surface area contributed by atoms with Gasteiger partial charge in [-0.15, -0.1) is 0 Å². The number of hydrogen-bond donors (Lipinski definition) is 1. The standard InChI is InChI=1S/C30H33N7O4/c1-19-6-5-7-20(2)27(19)35-17-21-15-31-29(33-22-16-32-36(18-22)23-10-12-41-13-11-23)34-28(21)37(30(35)38)25-9-8-24(39-3)14-26(25)40-4/h5-9,14-16,18,23H,10-13,17H2,1-4H3,(H,31,33,34). The highest BCUT2D eigenvalue weighted by Crippen LogP contribution is 2.42. The van der Waals surface area contributed by atoms with Crippen LogP contribution in [0.4, 0.5) is 33.6 Å². The lowest BCUT2D eigenvalue weighted by atomic mass is 10.1. The fourth-order valence-corrected chi connectivity index (χ4v) is 5.49. The number of nitrogens with one attached hydrogen (secondary N) is 1. The molecule has 1 N–H and O–H groups in total. The number of amides is 2. The summed E-state index contributed by atoms with van der Waals surface area (Å²) in [5, 5.41) is 7.81. The number of urea groups is 1. The van der Waals surface area contributed by atoms with Crippen molar-refractivity contribution in [3.05, 3.63) is 71.7 Å². The third-order valence-corrected chi connectivity index (χ3v) is 7.56. The number of methoxy groups -OCH3 is 2. The molecule has 2 aromatic heterocycles. The first-order valence-electron chi connectivity index (χ1n) is 13.6. The quantitative estimate of drug-likeness (QED) is 0.310. The molecule has 0 radical (unpaired) electrons. The van der Waals surface area contributed by atoms with E-state index in [1.807, 2.05) is 42.9 Å². The van der Waals surface area contributed by atoms with E-state index in [4.69, 9.17) is 19.2 Å². The summed E-state index contributed by atoms with van der Waals surface area (Å²) in [7, 11) is 3.16. The number of rotatable bonds is 7. The van der Waals surface area contributed by atoms with Crippen LogP contribution in [0.5, 0.6) is 11.5 Å². The van der Waals surface area contributed by atoms with Crippen molar-refractivity contribution in [2.75, 3.05) is 42.5 Å². The molecule has 0 unspecified atom stereocenters. The second-order valence-electron chi connectivity index (χ2n) is 10.2. The van der Waals surface area contributed by atoms with Crippen molar-refractivity contribution in [2.24, 2.45) is 0 Å². The summed E-state index contributed by atoms with van der Waals surface area (Å²) in [6.45, 7) is 5.82. The minimum atomic E-state index is -0.240. The van der Waals surface area contributed by atoms with E-state index in [2.05, 4.69) is 15.4 Å². The van der Waals surface area contributed by atoms with Gasteiger partial charge in [-0.05, 0) is 49.9 Å². The molecule has 11 nitrogen and oxygen atoms in total. The van der Waals surface area contributed by atoms with Gasteiger partial charge in [-0.2, -0.15) is 10.1 Å². The number of carbonyl (C=O) groups excluding carboxylic acids is 1. The van der Waals surface area contributed by atoms with E-state index in [0.29, 0.717) is 41.5 Å². The van der Waals surface area contributed by atoms with Crippen LogP contribution in [0.15, 0.2) is 55.0 Å². The average Bonchev–Trinajstić information content (AvgIpc) is 3.46. The monoisotopic (exact) mass is 555 g/mol. The normalized spacial score (nSPS) is 15.6. The summed E-state index contributed by atoms with van der Waals surface area (Å²) >= 11 is 0. The number of nitrogens with zero attached hydrogens (tertiary/aromatic N) is 6. The maximum atomic E-state index is 14.3. The molecule has 6 rings (SSSR count). The molecule has 0 saturated carbocycles. The van der Waals surface area contributed by atoms with Gasteiger partial charge in [0.25, 0.3) is 0 Å². The number of ether oxygens (including phenoxy) is 3. The zero-order chi connectivity index (χ0) is 28.5. The number of fused-ring (bicyclic) bond motifs is 1. The van der Waals surface area contributed by atoms with Crippen LogP contribution in [0, 0.1) is 13.8 Å². The van der Waals surface area contributed by atoms with Crippen molar-refractivity contribution in [2.45, 2.75) is 39.3 Å². The highest BCUT2D eigenvalue weighted by atomic mass is 16.5. The molecule has 4 aromatic rings. The maximum Gasteiger partial charge on any atom is 0.335 e. The molecular formula is C30H33N7O4. The average molecular weight is 556 g/mol. The van der Waals surface area contributed by atoms with Crippen LogP contribution >= 0.6 is 0 Å². The largest absolute Gasteiger partial charge is 0.497 e. The molecule has 2 aromatic carbocycles. The smallest absolute Gasteiger partial charge is 0.335 e. The zero-order valence-electron chi connectivity index (χ0n) is 23.6. The lowest BCUT2D eigenvalue weighted by Crippen LogP contribution is -2.46. The van der Waals surface area contributed by atoms with Crippen molar-refractivity contribution in [1.29, 1.82) is 0 Å². The number of benzene rings is 2. The van der Waals surface area contributed by atoms with Crippen molar-refractivity contribution < 1.29 is 19.0 Å². The van der Waals surface area contributed by atoms with Gasteiger partial charge in [0.1, 0.15) is 11.5 Å². The van der Waals surface area contributed by atoms with Gasteiger partial charge in [0, 0.05) is 37.2 Å². The highest BCUT2D eigenvalue weighted by molar-refractivity contribution is 6.11. The summed E-state index contributed by atoms with van der Waals surface area (Å²) in [6, 6.07) is 11.4. The van der Waals surface area contributed by atoms with Gasteiger partial charge in [-0.25, -0.2) is 14.7 Å². The second kappa shape index (κ2) is 11.1. The first-order chi connectivity index (χ1) is 20.0. The summed E-state index contributed by atoms with van der Waals surface area (Å²) in [4.78, 5) is 27.1. The Bertz CT molecular complexity index is 1560. The van der Waals surface area contributed by atoms with Crippen LogP contribution in [0.2, 0.25) is 0 Å². The Morgan fingerprint density at radius 2 is 1.80 bits per heavy atom. The Morgan fingerprint density at radius 1 is 1.02 bits per heavy atom. The molecule has 1 saturated heterocycles. The number of hydrogen-bond acceptors (Lipinski definition) is 8. The first-order valence-corrected chi connectivity index (χ1v) is 13.6. The predicted octanol–water partition coefficient (Wildman–Crippen LogP) is 5.68. The molecule has 2 amide bonds. The van der Waals surface area contributed by atoms with Gasteiger partial charge in [-0.1, -0.05) is 18.2 Å². The molecule has 2 aliphatic heterocycles. The van der Waals surface area contributed by atoms with Crippen LogP contribution < -0.4 is 24.6 Å². The Hall–Kier alpha value is -4.64. The van der Waals surface area contributed by atoms with Crippen molar-refractivity contribution in [1.82, 2.24) is 19.7 Å². The lowest BCUT2D eigenvalue weighted by Gasteiger charge is -2.37. The van der Waals surface area contributed by atoms with Gasteiger partial charge in [0.2, 0.25) is 5.95 Å². The number of aryl methyl sites for hydroxylation is 2. The molecular weight excluding hydrogens is 522 g/mol. The summed E-state index contributed by atoms with van der Waals surface area (Å²) in [5.41, 5.74) is 4.99. The Balaban J connectivity index is 1.40. The molecule has 11 heteroatoms. The minimum absolute atomic E-state index is 0.240. The number of aromatic nitrogens is 4.